The van der Waals surface area contributed by atoms with Gasteiger partial charge < -0.3 is 25.6 Å². The Morgan fingerprint density at radius 3 is 1.70 bits per heavy atom. The normalized spacial score (nSPS) is 22.8. The van der Waals surface area contributed by atoms with Gasteiger partial charge in [0.25, 0.3) is 0 Å². The molecule has 8 heteroatoms. The molecule has 2 aliphatic carbocycles. The van der Waals surface area contributed by atoms with Crippen molar-refractivity contribution in [3.63, 3.8) is 0 Å². The highest BCUT2D eigenvalue weighted by Crippen LogP contribution is 2.33. The van der Waals surface area contributed by atoms with Crippen molar-refractivity contribution in [1.82, 2.24) is 15.1 Å². The number of carbonyl (C=O) groups is 3. The molecule has 0 unspecified atom stereocenters. The van der Waals surface area contributed by atoms with E-state index in [1.807, 2.05) is 25.7 Å². The maximum atomic E-state index is 11.6. The quantitative estimate of drug-likeness (QED) is 0.750. The van der Waals surface area contributed by atoms with Gasteiger partial charge in [0.2, 0.25) is 11.8 Å². The maximum absolute atomic E-state index is 11.6. The first-order valence-electron chi connectivity index (χ1n) is 9.95. The van der Waals surface area contributed by atoms with Crippen LogP contribution in [0.15, 0.2) is 0 Å². The number of hydrogen-bond acceptors (Lipinski definition) is 5. The number of alkyl carbamates (subject to hydrolysis) is 1. The van der Waals surface area contributed by atoms with Crippen LogP contribution in [0.5, 0.6) is 0 Å². The molecule has 0 aromatic heterocycles. The SMILES string of the molecule is CC(C)(C)OC(=O)NC1CN(C(=O)C2CC2)C1.NC1CN(C(=O)C2CC2)C1. The van der Waals surface area contributed by atoms with Gasteiger partial charge >= 0.3 is 6.09 Å². The molecule has 4 aliphatic rings. The summed E-state index contributed by atoms with van der Waals surface area (Å²) in [6.07, 6.45) is 3.86. The van der Waals surface area contributed by atoms with Crippen LogP contribution in [0.4, 0.5) is 4.79 Å². The minimum absolute atomic E-state index is 0.0487. The van der Waals surface area contributed by atoms with Gasteiger partial charge in [0.05, 0.1) is 6.04 Å². The summed E-state index contributed by atoms with van der Waals surface area (Å²) in [7, 11) is 0. The molecule has 0 aromatic carbocycles. The van der Waals surface area contributed by atoms with E-state index >= 15 is 0 Å². The summed E-state index contributed by atoms with van der Waals surface area (Å²) in [5.41, 5.74) is 5.06. The number of hydrogen-bond donors (Lipinski definition) is 2. The predicted octanol–water partition coefficient (Wildman–Crippen LogP) is 0.698. The first kappa shape index (κ1) is 19.9. The van der Waals surface area contributed by atoms with Crippen LogP contribution in [-0.2, 0) is 14.3 Å². The van der Waals surface area contributed by atoms with Gasteiger partial charge in [-0.2, -0.15) is 0 Å². The van der Waals surface area contributed by atoms with Crippen LogP contribution in [-0.4, -0.2) is 71.6 Å². The maximum Gasteiger partial charge on any atom is 0.407 e. The lowest BCUT2D eigenvalue weighted by Gasteiger charge is -2.39. The van der Waals surface area contributed by atoms with Crippen LogP contribution in [0.3, 0.4) is 0 Å². The zero-order chi connectivity index (χ0) is 19.8. The van der Waals surface area contributed by atoms with E-state index in [1.54, 1.807) is 4.90 Å². The van der Waals surface area contributed by atoms with Gasteiger partial charge in [0.15, 0.2) is 0 Å². The molecule has 0 spiro atoms. The Morgan fingerprint density at radius 1 is 0.889 bits per heavy atom. The molecule has 0 bridgehead atoms. The van der Waals surface area contributed by atoms with E-state index in [9.17, 15) is 14.4 Å². The number of nitrogens with one attached hydrogen (secondary N) is 1. The predicted molar refractivity (Wildman–Crippen MR) is 99.7 cm³/mol. The summed E-state index contributed by atoms with van der Waals surface area (Å²) in [5.74, 6) is 1.21. The van der Waals surface area contributed by atoms with Crippen LogP contribution in [0.1, 0.15) is 46.5 Å². The van der Waals surface area contributed by atoms with Crippen molar-refractivity contribution >= 4 is 17.9 Å². The molecule has 2 saturated heterocycles. The fraction of sp³-hybridized carbons (Fsp3) is 0.842. The number of rotatable bonds is 3. The summed E-state index contributed by atoms with van der Waals surface area (Å²) in [5, 5.41) is 2.76. The van der Waals surface area contributed by atoms with E-state index in [2.05, 4.69) is 5.32 Å². The molecular weight excluding hydrogens is 348 g/mol. The minimum Gasteiger partial charge on any atom is -0.444 e. The van der Waals surface area contributed by atoms with Gasteiger partial charge in [-0.1, -0.05) is 0 Å². The molecule has 0 aromatic rings. The van der Waals surface area contributed by atoms with Crippen molar-refractivity contribution < 1.29 is 19.1 Å². The Kier molecular flexibility index (Phi) is 5.65. The van der Waals surface area contributed by atoms with E-state index in [0.717, 1.165) is 38.8 Å². The highest BCUT2D eigenvalue weighted by molar-refractivity contribution is 5.82. The Morgan fingerprint density at radius 2 is 1.33 bits per heavy atom. The lowest BCUT2D eigenvalue weighted by atomic mass is 10.1. The fourth-order valence-corrected chi connectivity index (χ4v) is 3.09. The average molecular weight is 380 g/mol. The van der Waals surface area contributed by atoms with E-state index in [-0.39, 0.29) is 23.9 Å². The van der Waals surface area contributed by atoms with Crippen molar-refractivity contribution in [3.8, 4) is 0 Å². The third-order valence-electron chi connectivity index (χ3n) is 4.99. The Balaban J connectivity index is 0.000000177. The Hall–Kier alpha value is -1.83. The topological polar surface area (TPSA) is 105 Å². The second kappa shape index (κ2) is 7.66. The van der Waals surface area contributed by atoms with E-state index in [4.69, 9.17) is 10.5 Å². The minimum atomic E-state index is -0.475. The van der Waals surface area contributed by atoms with Crippen LogP contribution in [0, 0.1) is 11.8 Å². The largest absolute Gasteiger partial charge is 0.444 e. The highest BCUT2D eigenvalue weighted by Gasteiger charge is 2.40. The van der Waals surface area contributed by atoms with Crippen LogP contribution in [0.2, 0.25) is 0 Å². The smallest absolute Gasteiger partial charge is 0.407 e. The number of likely N-dealkylation sites (tertiary alicyclic amines) is 2. The van der Waals surface area contributed by atoms with Crippen molar-refractivity contribution in [3.05, 3.63) is 0 Å². The molecule has 8 nitrogen and oxygen atoms in total. The molecule has 3 N–H and O–H groups in total. The van der Waals surface area contributed by atoms with Crippen molar-refractivity contribution in [2.24, 2.45) is 17.6 Å². The van der Waals surface area contributed by atoms with Crippen molar-refractivity contribution in [1.29, 1.82) is 0 Å². The summed E-state index contributed by atoms with van der Waals surface area (Å²) in [6, 6.07) is 0.301. The summed E-state index contributed by atoms with van der Waals surface area (Å²) in [4.78, 5) is 37.9. The molecule has 2 saturated carbocycles. The molecule has 4 rings (SSSR count). The number of ether oxygens (including phenoxy) is 1. The van der Waals surface area contributed by atoms with Crippen LogP contribution < -0.4 is 11.1 Å². The molecule has 3 amide bonds. The summed E-state index contributed by atoms with van der Waals surface area (Å²) in [6.45, 7) is 8.30. The first-order valence-corrected chi connectivity index (χ1v) is 9.95. The molecular formula is C19H32N4O4. The number of carbonyl (C=O) groups excluding carboxylic acids is 3. The standard InChI is InChI=1S/C12H20N2O3.C7H12N2O/c1-12(2,3)17-11(16)13-9-6-14(7-9)10(15)8-4-5-8;8-6-3-9(4-6)7(10)5-1-2-5/h8-9H,4-7H2,1-3H3,(H,13,16);5-6H,1-4,8H2. The number of nitrogens with two attached hydrogens (primary N) is 1. The van der Waals surface area contributed by atoms with E-state index in [0.29, 0.717) is 24.9 Å². The lowest BCUT2D eigenvalue weighted by molar-refractivity contribution is -0.137. The average Bonchev–Trinajstić information content (AvgIpc) is 3.35. The first-order chi connectivity index (χ1) is 12.6. The van der Waals surface area contributed by atoms with Gasteiger partial charge in [-0.25, -0.2) is 4.79 Å². The third kappa shape index (κ3) is 5.82. The molecule has 2 heterocycles. The lowest BCUT2D eigenvalue weighted by Crippen LogP contribution is -2.61. The molecule has 27 heavy (non-hydrogen) atoms. The van der Waals surface area contributed by atoms with Crippen molar-refractivity contribution in [2.75, 3.05) is 26.2 Å². The molecule has 2 aliphatic heterocycles. The summed E-state index contributed by atoms with van der Waals surface area (Å²) < 4.78 is 5.15. The van der Waals surface area contributed by atoms with E-state index in [1.165, 1.54) is 0 Å². The van der Waals surface area contributed by atoms with Gasteiger partial charge in [0.1, 0.15) is 5.60 Å². The summed E-state index contributed by atoms with van der Waals surface area (Å²) >= 11 is 0. The van der Waals surface area contributed by atoms with Gasteiger partial charge in [-0.15, -0.1) is 0 Å². The molecule has 0 atom stereocenters. The van der Waals surface area contributed by atoms with Gasteiger partial charge in [0, 0.05) is 44.1 Å². The molecule has 0 radical (unpaired) electrons. The zero-order valence-electron chi connectivity index (χ0n) is 16.6. The molecule has 4 fully saturated rings. The zero-order valence-corrected chi connectivity index (χ0v) is 16.6. The monoisotopic (exact) mass is 380 g/mol. The van der Waals surface area contributed by atoms with E-state index < -0.39 is 11.7 Å². The second-order valence-electron chi connectivity index (χ2n) is 9.14. The second-order valence-corrected chi connectivity index (χ2v) is 9.14. The Labute approximate surface area is 160 Å². The van der Waals surface area contributed by atoms with Gasteiger partial charge in [-0.3, -0.25) is 9.59 Å². The molecule has 152 valence electrons. The third-order valence-corrected chi connectivity index (χ3v) is 4.99. The van der Waals surface area contributed by atoms with Gasteiger partial charge in [-0.05, 0) is 46.5 Å². The number of nitrogens with zero attached hydrogens (tertiary/aromatic N) is 2. The Bertz CT molecular complexity index is 583. The fourth-order valence-electron chi connectivity index (χ4n) is 3.09. The number of amides is 3. The highest BCUT2D eigenvalue weighted by atomic mass is 16.6. The van der Waals surface area contributed by atoms with Crippen LogP contribution in [0.25, 0.3) is 0 Å². The van der Waals surface area contributed by atoms with Crippen LogP contribution >= 0.6 is 0 Å². The van der Waals surface area contributed by atoms with Crippen molar-refractivity contribution in [2.45, 2.75) is 64.1 Å².